The minimum atomic E-state index is -0.444. The van der Waals surface area contributed by atoms with Crippen molar-refractivity contribution in [3.05, 3.63) is 94.1 Å². The van der Waals surface area contributed by atoms with E-state index in [-0.39, 0.29) is 23.1 Å². The summed E-state index contributed by atoms with van der Waals surface area (Å²) in [7, 11) is 1.66. The maximum absolute atomic E-state index is 12.1. The molecule has 1 aliphatic rings. The molecule has 8 bridgehead atoms. The van der Waals surface area contributed by atoms with Crippen molar-refractivity contribution in [3.63, 3.8) is 0 Å². The summed E-state index contributed by atoms with van der Waals surface area (Å²) in [4.78, 5) is 64.0. The number of H-pyrrole nitrogens is 4. The molecule has 0 spiro atoms. The van der Waals surface area contributed by atoms with E-state index >= 15 is 0 Å². The minimum absolute atomic E-state index is 0.186. The molecule has 348 valence electrons. The van der Waals surface area contributed by atoms with Crippen LogP contribution in [0.15, 0.2) is 48.5 Å². The van der Waals surface area contributed by atoms with Gasteiger partial charge in [0.25, 0.3) is 0 Å². The van der Waals surface area contributed by atoms with Gasteiger partial charge in [-0.25, -0.2) is 0 Å². The van der Waals surface area contributed by atoms with Crippen molar-refractivity contribution in [2.45, 2.75) is 167 Å². The van der Waals surface area contributed by atoms with Gasteiger partial charge in [0.1, 0.15) is 23.1 Å². The van der Waals surface area contributed by atoms with Crippen molar-refractivity contribution >= 4 is 23.1 Å². The molecule has 4 aromatic heterocycles. The molecule has 0 saturated heterocycles. The Balaban J connectivity index is 0.000000697. The fourth-order valence-corrected chi connectivity index (χ4v) is 9.19. The van der Waals surface area contributed by atoms with E-state index in [1.54, 1.807) is 34.8 Å². The lowest BCUT2D eigenvalue weighted by Gasteiger charge is -2.33. The first-order valence-corrected chi connectivity index (χ1v) is 23.3. The van der Waals surface area contributed by atoms with Gasteiger partial charge in [-0.1, -0.05) is 6.92 Å². The Morgan fingerprint density at radius 2 is 0.635 bits per heavy atom. The molecule has 0 atom stereocenters. The predicted octanol–water partition coefficient (Wildman–Crippen LogP) is 10.6. The van der Waals surface area contributed by atoms with E-state index in [4.69, 9.17) is 14.2 Å². The molecule has 11 nitrogen and oxygen atoms in total. The summed E-state index contributed by atoms with van der Waals surface area (Å²) in [6.07, 6.45) is 9.23. The highest BCUT2D eigenvalue weighted by Gasteiger charge is 2.41. The number of carbonyl (C=O) groups excluding carboxylic acids is 4. The van der Waals surface area contributed by atoms with Gasteiger partial charge in [0.15, 0.2) is 0 Å². The molecular weight excluding hydrogens is 793 g/mol. The van der Waals surface area contributed by atoms with Crippen LogP contribution < -0.4 is 0 Å². The molecule has 0 unspecified atom stereocenters. The van der Waals surface area contributed by atoms with Gasteiger partial charge in [-0.3, -0.25) is 0 Å². The van der Waals surface area contributed by atoms with E-state index in [1.165, 1.54) is 0 Å². The zero-order chi connectivity index (χ0) is 46.3. The van der Waals surface area contributed by atoms with E-state index in [2.05, 4.69) is 103 Å². The molecule has 0 saturated carbocycles. The third kappa shape index (κ3) is 13.4. The van der Waals surface area contributed by atoms with E-state index in [0.717, 1.165) is 110 Å². The number of aromatic nitrogens is 4. The number of aromatic amines is 4. The molecule has 11 heteroatoms. The van der Waals surface area contributed by atoms with Crippen LogP contribution in [0.3, 0.4) is 0 Å². The number of hydrogen-bond acceptors (Lipinski definition) is 7. The SMILES string of the molecule is CC(=O)CCCC1(C)c2ccc([nH]2)C(C)(CCCC(C)=O)c2ccc([nH]2)C(C)(CCCC(C)=O)c2ccc([nH]2)C(C)(CCCC(C)=O)c2ccc1[nH]2.CCCOCCOCCOC. The molecule has 5 rings (SSSR count). The highest BCUT2D eigenvalue weighted by Crippen LogP contribution is 2.46. The summed E-state index contributed by atoms with van der Waals surface area (Å²) in [5.41, 5.74) is 6.82. The Hall–Kier alpha value is -4.32. The van der Waals surface area contributed by atoms with Crippen LogP contribution in [0.25, 0.3) is 0 Å². The summed E-state index contributed by atoms with van der Waals surface area (Å²) >= 11 is 0. The lowest BCUT2D eigenvalue weighted by atomic mass is 9.78. The number of ether oxygens (including phenoxy) is 3. The number of nitrogens with one attached hydrogen (secondary N) is 4. The van der Waals surface area contributed by atoms with Crippen LogP contribution in [0, 0.1) is 0 Å². The van der Waals surface area contributed by atoms with Crippen molar-refractivity contribution < 1.29 is 33.4 Å². The monoisotopic (exact) mass is 871 g/mol. The van der Waals surface area contributed by atoms with Crippen LogP contribution in [-0.2, 0) is 55.0 Å². The normalized spacial score (nSPS) is 21.7. The quantitative estimate of drug-likeness (QED) is 0.0510. The second-order valence-electron chi connectivity index (χ2n) is 18.9. The van der Waals surface area contributed by atoms with Gasteiger partial charge in [0, 0.05) is 107 Å². The molecule has 0 aromatic carbocycles. The zero-order valence-corrected chi connectivity index (χ0v) is 40.2. The van der Waals surface area contributed by atoms with Gasteiger partial charge in [-0.05, 0) is 162 Å². The fraction of sp³-hybridized carbons (Fsp3) is 0.615. The van der Waals surface area contributed by atoms with Gasteiger partial charge < -0.3 is 53.3 Å². The van der Waals surface area contributed by atoms with Crippen LogP contribution >= 0.6 is 0 Å². The van der Waals surface area contributed by atoms with Gasteiger partial charge in [-0.2, -0.15) is 0 Å². The van der Waals surface area contributed by atoms with Crippen molar-refractivity contribution in [1.82, 2.24) is 19.9 Å². The number of fused-ring (bicyclic) bond motifs is 8. The average molecular weight is 871 g/mol. The van der Waals surface area contributed by atoms with Gasteiger partial charge >= 0.3 is 0 Å². The van der Waals surface area contributed by atoms with Crippen molar-refractivity contribution in [2.75, 3.05) is 40.1 Å². The number of carbonyl (C=O) groups is 4. The number of ketones is 4. The molecule has 1 aliphatic heterocycles. The summed E-state index contributed by atoms with van der Waals surface area (Å²) in [6.45, 7) is 21.3. The first-order chi connectivity index (χ1) is 29.9. The number of methoxy groups -OCH3 is 1. The van der Waals surface area contributed by atoms with Crippen molar-refractivity contribution in [3.8, 4) is 0 Å². The molecule has 4 aromatic rings. The zero-order valence-electron chi connectivity index (χ0n) is 40.2. The molecule has 63 heavy (non-hydrogen) atoms. The topological polar surface area (TPSA) is 159 Å². The fourth-order valence-electron chi connectivity index (χ4n) is 9.19. The highest BCUT2D eigenvalue weighted by molar-refractivity contribution is 5.76. The van der Waals surface area contributed by atoms with Crippen LogP contribution in [-0.4, -0.2) is 83.2 Å². The van der Waals surface area contributed by atoms with Crippen LogP contribution in [0.5, 0.6) is 0 Å². The molecule has 0 amide bonds. The first-order valence-electron chi connectivity index (χ1n) is 23.3. The minimum Gasteiger partial charge on any atom is -0.382 e. The largest absolute Gasteiger partial charge is 0.382 e. The lowest BCUT2D eigenvalue weighted by molar-refractivity contribution is -0.118. The predicted molar refractivity (Wildman–Crippen MR) is 251 cm³/mol. The number of Topliss-reactive ketones (excluding diaryl/α,β-unsaturated/α-hetero) is 4. The number of hydrogen-bond donors (Lipinski definition) is 4. The Morgan fingerprint density at radius 1 is 0.413 bits per heavy atom. The molecule has 4 N–H and O–H groups in total. The van der Waals surface area contributed by atoms with Gasteiger partial charge in [0.05, 0.1) is 26.4 Å². The van der Waals surface area contributed by atoms with E-state index in [9.17, 15) is 19.2 Å². The Bertz CT molecular complexity index is 1710. The summed E-state index contributed by atoms with van der Waals surface area (Å²) in [5, 5.41) is 0. The maximum atomic E-state index is 12.1. The molecule has 0 radical (unpaired) electrons. The van der Waals surface area contributed by atoms with Gasteiger partial charge in [0.2, 0.25) is 0 Å². The Labute approximate surface area is 377 Å². The third-order valence-electron chi connectivity index (χ3n) is 13.5. The summed E-state index contributed by atoms with van der Waals surface area (Å²) in [5.74, 6) is 0.743. The highest BCUT2D eigenvalue weighted by atomic mass is 16.5. The second kappa shape index (κ2) is 23.6. The standard InChI is InChI=1S/C44H60N4O4.C8H18O3/c1-29(49)13-9-25-41(5)33-17-19-35(45-33)42(6,26-10-14-30(2)50)37-21-23-39(47-37)44(8,28-12-16-32(4)52)40-24-22-38(48-40)43(7,27-11-15-31(3)51)36-20-18-34(41)46-36;1-3-4-10-7-8-11-6-5-9-2/h17-24,45-48H,9-16,25-28H2,1-8H3;3-8H2,1-2H3. The lowest BCUT2D eigenvalue weighted by Crippen LogP contribution is -2.30. The third-order valence-corrected chi connectivity index (χ3v) is 13.5. The van der Waals surface area contributed by atoms with E-state index in [0.29, 0.717) is 52.1 Å². The van der Waals surface area contributed by atoms with Crippen LogP contribution in [0.1, 0.15) is 191 Å². The number of rotatable bonds is 24. The molecular formula is C52H78N4O7. The summed E-state index contributed by atoms with van der Waals surface area (Å²) < 4.78 is 15.2. The Morgan fingerprint density at radius 3 is 0.841 bits per heavy atom. The summed E-state index contributed by atoms with van der Waals surface area (Å²) in [6, 6.07) is 17.6. The van der Waals surface area contributed by atoms with Crippen LogP contribution in [0.4, 0.5) is 0 Å². The van der Waals surface area contributed by atoms with Gasteiger partial charge in [-0.15, -0.1) is 0 Å². The Kier molecular flexibility index (Phi) is 19.2. The van der Waals surface area contributed by atoms with Crippen LogP contribution in [0.2, 0.25) is 0 Å². The molecule has 0 aliphatic carbocycles. The maximum Gasteiger partial charge on any atom is 0.129 e. The van der Waals surface area contributed by atoms with Crippen molar-refractivity contribution in [1.29, 1.82) is 0 Å². The first kappa shape index (κ1) is 51.3. The van der Waals surface area contributed by atoms with E-state index < -0.39 is 21.7 Å². The smallest absolute Gasteiger partial charge is 0.129 e. The molecule has 5 heterocycles. The second-order valence-corrected chi connectivity index (χ2v) is 18.9. The van der Waals surface area contributed by atoms with Crippen molar-refractivity contribution in [2.24, 2.45) is 0 Å². The molecule has 0 fully saturated rings. The van der Waals surface area contributed by atoms with E-state index in [1.807, 2.05) is 0 Å². The average Bonchev–Trinajstić information content (AvgIpc) is 4.07.